The highest BCUT2D eigenvalue weighted by molar-refractivity contribution is 7.89. The van der Waals surface area contributed by atoms with Gasteiger partial charge in [0.2, 0.25) is 15.9 Å². The zero-order valence-electron chi connectivity index (χ0n) is 17.2. The summed E-state index contributed by atoms with van der Waals surface area (Å²) in [5.74, 6) is -0.776. The van der Waals surface area contributed by atoms with E-state index in [4.69, 9.17) is 9.47 Å². The first kappa shape index (κ1) is 22.9. The molecule has 0 aliphatic carbocycles. The van der Waals surface area contributed by atoms with Gasteiger partial charge in [-0.2, -0.15) is 4.31 Å². The number of carbonyl (C=O) groups is 2. The molecule has 0 atom stereocenters. The van der Waals surface area contributed by atoms with Gasteiger partial charge >= 0.3 is 5.97 Å². The average Bonchev–Trinajstić information content (AvgIpc) is 2.79. The molecule has 3 rings (SSSR count). The van der Waals surface area contributed by atoms with Crippen molar-refractivity contribution in [1.82, 2.24) is 4.31 Å². The van der Waals surface area contributed by atoms with E-state index in [0.29, 0.717) is 38.4 Å². The Hall–Kier alpha value is -2.75. The number of nitrogens with one attached hydrogen (secondary N) is 1. The molecule has 0 spiro atoms. The summed E-state index contributed by atoms with van der Waals surface area (Å²) in [5, 5.41) is 2.66. The third-order valence-electron chi connectivity index (χ3n) is 4.80. The number of hydrogen-bond donors (Lipinski definition) is 1. The van der Waals surface area contributed by atoms with Crippen LogP contribution in [-0.2, 0) is 35.5 Å². The Morgan fingerprint density at radius 3 is 2.32 bits per heavy atom. The third kappa shape index (κ3) is 6.88. The summed E-state index contributed by atoms with van der Waals surface area (Å²) < 4.78 is 36.9. The fourth-order valence-electron chi connectivity index (χ4n) is 3.08. The van der Waals surface area contributed by atoms with Gasteiger partial charge in [-0.05, 0) is 29.8 Å². The lowest BCUT2D eigenvalue weighted by Gasteiger charge is -2.26. The summed E-state index contributed by atoms with van der Waals surface area (Å²) in [6, 6.07) is 15.7. The average molecular weight is 447 g/mol. The van der Waals surface area contributed by atoms with E-state index < -0.39 is 16.0 Å². The molecule has 0 bridgehead atoms. The fraction of sp³-hybridized carbons (Fsp3) is 0.364. The van der Waals surface area contributed by atoms with Crippen molar-refractivity contribution in [3.05, 3.63) is 60.2 Å². The maximum Gasteiger partial charge on any atom is 0.306 e. The van der Waals surface area contributed by atoms with Crippen LogP contribution in [0.5, 0.6) is 0 Å². The van der Waals surface area contributed by atoms with E-state index in [0.717, 1.165) is 5.56 Å². The lowest BCUT2D eigenvalue weighted by atomic mass is 10.2. The number of nitrogens with zero attached hydrogens (tertiary/aromatic N) is 1. The first-order chi connectivity index (χ1) is 14.9. The Morgan fingerprint density at radius 1 is 0.968 bits per heavy atom. The van der Waals surface area contributed by atoms with Gasteiger partial charge in [0.1, 0.15) is 0 Å². The maximum absolute atomic E-state index is 12.6. The van der Waals surface area contributed by atoms with Crippen LogP contribution < -0.4 is 5.32 Å². The van der Waals surface area contributed by atoms with Crippen LogP contribution in [0.1, 0.15) is 18.4 Å². The van der Waals surface area contributed by atoms with Crippen LogP contribution in [0.15, 0.2) is 59.5 Å². The number of hydrogen-bond acceptors (Lipinski definition) is 6. The van der Waals surface area contributed by atoms with Gasteiger partial charge in [-0.15, -0.1) is 0 Å². The quantitative estimate of drug-likeness (QED) is 0.593. The van der Waals surface area contributed by atoms with E-state index in [1.807, 2.05) is 30.3 Å². The zero-order valence-corrected chi connectivity index (χ0v) is 18.0. The van der Waals surface area contributed by atoms with Crippen LogP contribution in [0.25, 0.3) is 0 Å². The number of amides is 1. The second kappa shape index (κ2) is 11.0. The number of esters is 1. The summed E-state index contributed by atoms with van der Waals surface area (Å²) in [5.41, 5.74) is 1.54. The molecule has 8 nitrogen and oxygen atoms in total. The van der Waals surface area contributed by atoms with Crippen molar-refractivity contribution in [2.75, 3.05) is 38.2 Å². The van der Waals surface area contributed by atoms with Crippen LogP contribution in [-0.4, -0.2) is 57.5 Å². The minimum Gasteiger partial charge on any atom is -0.465 e. The molecular weight excluding hydrogens is 420 g/mol. The first-order valence-corrected chi connectivity index (χ1v) is 11.6. The standard InChI is InChI=1S/C22H26N2O6S/c25-21(10-11-22(26)30-15-12-18-4-2-1-3-5-18)23-19-6-8-20(9-7-19)31(27,28)24-13-16-29-17-14-24/h1-9H,10-17H2,(H,23,25). The molecule has 1 aliphatic rings. The summed E-state index contributed by atoms with van der Waals surface area (Å²) in [7, 11) is -3.58. The molecular formula is C22H26N2O6S. The normalized spacial score (nSPS) is 14.7. The monoisotopic (exact) mass is 446 g/mol. The van der Waals surface area contributed by atoms with E-state index in [1.165, 1.54) is 28.6 Å². The number of sulfonamides is 1. The Balaban J connectivity index is 1.41. The van der Waals surface area contributed by atoms with Crippen LogP contribution in [0.4, 0.5) is 5.69 Å². The van der Waals surface area contributed by atoms with Gasteiger partial charge in [0.05, 0.1) is 31.1 Å². The zero-order chi connectivity index (χ0) is 22.1. The molecule has 0 unspecified atom stereocenters. The second-order valence-electron chi connectivity index (χ2n) is 7.05. The second-order valence-corrected chi connectivity index (χ2v) is 8.98. The SMILES string of the molecule is O=C(CCC(=O)OCCc1ccccc1)Nc1ccc(S(=O)(=O)N2CCOCC2)cc1. The predicted molar refractivity (Wildman–Crippen MR) is 115 cm³/mol. The van der Waals surface area contributed by atoms with Gasteiger partial charge < -0.3 is 14.8 Å². The topological polar surface area (TPSA) is 102 Å². The Labute approximate surface area is 182 Å². The van der Waals surface area contributed by atoms with Crippen LogP contribution in [0.3, 0.4) is 0 Å². The number of morpholine rings is 1. The predicted octanol–water partition coefficient (Wildman–Crippen LogP) is 2.21. The minimum absolute atomic E-state index is 0.0159. The van der Waals surface area contributed by atoms with Crippen LogP contribution in [0.2, 0.25) is 0 Å². The number of rotatable bonds is 9. The van der Waals surface area contributed by atoms with E-state index >= 15 is 0 Å². The summed E-state index contributed by atoms with van der Waals surface area (Å²) in [4.78, 5) is 24.1. The molecule has 1 N–H and O–H groups in total. The van der Waals surface area contributed by atoms with E-state index in [-0.39, 0.29) is 30.3 Å². The van der Waals surface area contributed by atoms with Crippen molar-refractivity contribution >= 4 is 27.6 Å². The number of ether oxygens (including phenoxy) is 2. The van der Waals surface area contributed by atoms with Gasteiger partial charge in [-0.25, -0.2) is 8.42 Å². The molecule has 31 heavy (non-hydrogen) atoms. The van der Waals surface area contributed by atoms with E-state index in [1.54, 1.807) is 0 Å². The maximum atomic E-state index is 12.6. The molecule has 166 valence electrons. The molecule has 2 aromatic rings. The van der Waals surface area contributed by atoms with E-state index in [2.05, 4.69) is 5.32 Å². The molecule has 1 amide bonds. The third-order valence-corrected chi connectivity index (χ3v) is 6.71. The number of carbonyl (C=O) groups excluding carboxylic acids is 2. The molecule has 9 heteroatoms. The minimum atomic E-state index is -3.58. The Bertz CT molecular complexity index is 971. The van der Waals surface area contributed by atoms with E-state index in [9.17, 15) is 18.0 Å². The highest BCUT2D eigenvalue weighted by Crippen LogP contribution is 2.19. The van der Waals surface area contributed by atoms with Gasteiger partial charge in [0.15, 0.2) is 0 Å². The van der Waals surface area contributed by atoms with Crippen molar-refractivity contribution in [3.63, 3.8) is 0 Å². The largest absolute Gasteiger partial charge is 0.465 e. The van der Waals surface area contributed by atoms with Gasteiger partial charge in [-0.1, -0.05) is 30.3 Å². The highest BCUT2D eigenvalue weighted by Gasteiger charge is 2.26. The molecule has 1 saturated heterocycles. The Kier molecular flexibility index (Phi) is 8.16. The molecule has 1 heterocycles. The summed E-state index contributed by atoms with van der Waals surface area (Å²) in [6.45, 7) is 1.66. The van der Waals surface area contributed by atoms with Crippen molar-refractivity contribution in [2.45, 2.75) is 24.2 Å². The molecule has 0 saturated carbocycles. The van der Waals surface area contributed by atoms with Gasteiger partial charge in [0.25, 0.3) is 0 Å². The Morgan fingerprint density at radius 2 is 1.65 bits per heavy atom. The fourth-order valence-corrected chi connectivity index (χ4v) is 4.49. The molecule has 1 fully saturated rings. The lowest BCUT2D eigenvalue weighted by molar-refractivity contribution is -0.144. The number of anilines is 1. The lowest BCUT2D eigenvalue weighted by Crippen LogP contribution is -2.40. The van der Waals surface area contributed by atoms with Crippen molar-refractivity contribution in [3.8, 4) is 0 Å². The van der Waals surface area contributed by atoms with Crippen molar-refractivity contribution < 1.29 is 27.5 Å². The molecule has 0 radical (unpaired) electrons. The summed E-state index contributed by atoms with van der Waals surface area (Å²) in [6.07, 6.45) is 0.584. The van der Waals surface area contributed by atoms with Gasteiger partial charge in [-0.3, -0.25) is 9.59 Å². The molecule has 0 aromatic heterocycles. The summed E-state index contributed by atoms with van der Waals surface area (Å²) >= 11 is 0. The first-order valence-electron chi connectivity index (χ1n) is 10.1. The van der Waals surface area contributed by atoms with Crippen molar-refractivity contribution in [2.24, 2.45) is 0 Å². The number of benzene rings is 2. The van der Waals surface area contributed by atoms with Crippen LogP contribution in [0, 0.1) is 0 Å². The molecule has 1 aliphatic heterocycles. The smallest absolute Gasteiger partial charge is 0.306 e. The van der Waals surface area contributed by atoms with Crippen LogP contribution >= 0.6 is 0 Å². The van der Waals surface area contributed by atoms with Crippen molar-refractivity contribution in [1.29, 1.82) is 0 Å². The highest BCUT2D eigenvalue weighted by atomic mass is 32.2. The van der Waals surface area contributed by atoms with Gasteiger partial charge in [0, 0.05) is 31.6 Å². The molecule has 2 aromatic carbocycles.